The molecule has 0 fully saturated rings. The molecule has 7 nitrogen and oxygen atoms in total. The van der Waals surface area contributed by atoms with Crippen LogP contribution in [0.4, 0.5) is 0 Å². The number of thioether (sulfide) groups is 1. The highest BCUT2D eigenvalue weighted by Gasteiger charge is 2.45. The second kappa shape index (κ2) is 14.6. The van der Waals surface area contributed by atoms with Crippen molar-refractivity contribution >= 4 is 29.2 Å². The number of Topliss-reactive ketones (excluding diaryl/α,β-unsaturated/α-hetero) is 1. The summed E-state index contributed by atoms with van der Waals surface area (Å²) in [5.74, 6) is 1.93. The van der Waals surface area contributed by atoms with E-state index in [1.54, 1.807) is 26.0 Å². The van der Waals surface area contributed by atoms with Gasteiger partial charge in [-0.15, -0.1) is 0 Å². The maximum atomic E-state index is 14.1. The van der Waals surface area contributed by atoms with Crippen molar-refractivity contribution in [2.24, 2.45) is 10.9 Å². The van der Waals surface area contributed by atoms with Gasteiger partial charge in [-0.05, 0) is 66.0 Å². The minimum Gasteiger partial charge on any atom is -0.493 e. The quantitative estimate of drug-likeness (QED) is 0.158. The van der Waals surface area contributed by atoms with Crippen LogP contribution >= 0.6 is 11.8 Å². The zero-order valence-corrected chi connectivity index (χ0v) is 26.5. The number of nitrogens with zero attached hydrogens (tertiary/aromatic N) is 1. The minimum atomic E-state index is -0.702. The van der Waals surface area contributed by atoms with Crippen molar-refractivity contribution in [2.75, 3.05) is 32.3 Å². The van der Waals surface area contributed by atoms with E-state index in [0.717, 1.165) is 33.9 Å². The smallest absolute Gasteiger partial charge is 0.315 e. The molecule has 1 aliphatic carbocycles. The van der Waals surface area contributed by atoms with E-state index in [4.69, 9.17) is 23.9 Å². The van der Waals surface area contributed by atoms with Crippen molar-refractivity contribution in [3.8, 4) is 17.2 Å². The lowest BCUT2D eigenvalue weighted by molar-refractivity contribution is -0.145. The summed E-state index contributed by atoms with van der Waals surface area (Å²) >= 11 is 1.72. The van der Waals surface area contributed by atoms with Crippen LogP contribution in [0.15, 0.2) is 89.1 Å². The van der Waals surface area contributed by atoms with Gasteiger partial charge in [0.1, 0.15) is 24.9 Å². The Morgan fingerprint density at radius 3 is 2.48 bits per heavy atom. The number of rotatable bonds is 12. The van der Waals surface area contributed by atoms with Crippen LogP contribution < -0.4 is 14.2 Å². The Bertz CT molecular complexity index is 1550. The Balaban J connectivity index is 1.49. The summed E-state index contributed by atoms with van der Waals surface area (Å²) in [5.41, 5.74) is 4.84. The molecule has 0 N–H and O–H groups in total. The fraction of sp³-hybridized carbons (Fsp3) is 0.361. The number of allylic oxidation sites excluding steroid dienone is 2. The van der Waals surface area contributed by atoms with Crippen LogP contribution in [0.25, 0.3) is 0 Å². The zero-order chi connectivity index (χ0) is 31.1. The standard InChI is InChI=1S/C36H39NO6S/c1-5-44-17-16-42-36(39)33-23(2)37-29-19-27(25-14-15-31(40-3)32(21-25)41-4)20-30(38)35(29)34(33)26-12-9-13-28(18-26)43-22-24-10-7-6-8-11-24/h6-15,18,21,27,33-34H,5,16-17,19-20,22H2,1-4H3/t27-,33?,34+/m0/s1. The Morgan fingerprint density at radius 1 is 0.932 bits per heavy atom. The summed E-state index contributed by atoms with van der Waals surface area (Å²) in [6.45, 7) is 4.67. The van der Waals surface area contributed by atoms with Crippen molar-refractivity contribution < 1.29 is 28.5 Å². The molecule has 1 heterocycles. The van der Waals surface area contributed by atoms with Gasteiger partial charge in [-0.1, -0.05) is 55.5 Å². The van der Waals surface area contributed by atoms with E-state index >= 15 is 0 Å². The van der Waals surface area contributed by atoms with Gasteiger partial charge in [-0.2, -0.15) is 11.8 Å². The fourth-order valence-corrected chi connectivity index (χ4v) is 6.53. The third-order valence-corrected chi connectivity index (χ3v) is 9.03. The van der Waals surface area contributed by atoms with E-state index in [2.05, 4.69) is 6.92 Å². The fourth-order valence-electron chi connectivity index (χ4n) is 6.04. The molecular formula is C36H39NO6S. The summed E-state index contributed by atoms with van der Waals surface area (Å²) < 4.78 is 22.8. The first-order valence-corrected chi connectivity index (χ1v) is 16.1. The second-order valence-corrected chi connectivity index (χ2v) is 12.3. The van der Waals surface area contributed by atoms with Crippen molar-refractivity contribution in [1.29, 1.82) is 0 Å². The molecule has 0 radical (unpaired) electrons. The van der Waals surface area contributed by atoms with Gasteiger partial charge in [0.15, 0.2) is 17.3 Å². The number of ether oxygens (including phenoxy) is 4. The summed E-state index contributed by atoms with van der Waals surface area (Å²) in [5, 5.41) is 0. The first-order valence-electron chi connectivity index (χ1n) is 15.0. The van der Waals surface area contributed by atoms with Crippen molar-refractivity contribution in [2.45, 2.75) is 45.1 Å². The topological polar surface area (TPSA) is 83.4 Å². The van der Waals surface area contributed by atoms with Gasteiger partial charge in [-0.25, -0.2) is 0 Å². The Morgan fingerprint density at radius 2 is 1.73 bits per heavy atom. The lowest BCUT2D eigenvalue weighted by Gasteiger charge is -2.36. The SMILES string of the molecule is CCSCCOC(=O)C1C(C)=NC2=C(C(=O)C[C@@H](c3ccc(OC)c(OC)c3)C2)[C@@H]1c1cccc(OCc2ccccc2)c1. The minimum absolute atomic E-state index is 0.0118. The molecule has 0 bridgehead atoms. The van der Waals surface area contributed by atoms with Crippen molar-refractivity contribution in [3.05, 3.63) is 101 Å². The van der Waals surface area contributed by atoms with E-state index in [1.165, 1.54) is 0 Å². The summed E-state index contributed by atoms with van der Waals surface area (Å²) in [7, 11) is 3.20. The van der Waals surface area contributed by atoms with Crippen LogP contribution in [0.5, 0.6) is 17.2 Å². The lowest BCUT2D eigenvalue weighted by atomic mass is 9.69. The Hall–Kier alpha value is -4.04. The van der Waals surface area contributed by atoms with Crippen molar-refractivity contribution in [1.82, 2.24) is 0 Å². The monoisotopic (exact) mass is 613 g/mol. The second-order valence-electron chi connectivity index (χ2n) is 10.9. The Kier molecular flexibility index (Phi) is 10.4. The molecule has 8 heteroatoms. The lowest BCUT2D eigenvalue weighted by Crippen LogP contribution is -2.38. The molecule has 3 aromatic carbocycles. The normalized spacial score (nSPS) is 19.6. The maximum absolute atomic E-state index is 14.1. The number of esters is 1. The highest BCUT2D eigenvalue weighted by atomic mass is 32.2. The van der Waals surface area contributed by atoms with E-state index in [0.29, 0.717) is 54.6 Å². The zero-order valence-electron chi connectivity index (χ0n) is 25.7. The molecule has 3 aromatic rings. The number of aliphatic imine (C=N–C) groups is 1. The first-order chi connectivity index (χ1) is 21.4. The molecule has 0 spiro atoms. The number of ketones is 1. The van der Waals surface area contributed by atoms with Crippen LogP contribution in [-0.2, 0) is 20.9 Å². The number of benzene rings is 3. The first kappa shape index (κ1) is 31.4. The third-order valence-electron chi connectivity index (χ3n) is 8.16. The summed E-state index contributed by atoms with van der Waals surface area (Å²) in [4.78, 5) is 32.6. The molecule has 5 rings (SSSR count). The maximum Gasteiger partial charge on any atom is 0.315 e. The average Bonchev–Trinajstić information content (AvgIpc) is 3.05. The van der Waals surface area contributed by atoms with Gasteiger partial charge >= 0.3 is 5.97 Å². The van der Waals surface area contributed by atoms with E-state index in [1.807, 2.05) is 79.7 Å². The Labute approximate surface area is 263 Å². The van der Waals surface area contributed by atoms with Crippen LogP contribution in [0.1, 0.15) is 55.2 Å². The van der Waals surface area contributed by atoms with Crippen LogP contribution in [0, 0.1) is 5.92 Å². The average molecular weight is 614 g/mol. The molecule has 3 atom stereocenters. The number of hydrogen-bond donors (Lipinski definition) is 0. The predicted octanol–water partition coefficient (Wildman–Crippen LogP) is 7.15. The van der Waals surface area contributed by atoms with Crippen LogP contribution in [0.2, 0.25) is 0 Å². The molecule has 0 aromatic heterocycles. The van der Waals surface area contributed by atoms with Gasteiger partial charge < -0.3 is 18.9 Å². The van der Waals surface area contributed by atoms with E-state index in [-0.39, 0.29) is 17.7 Å². The highest BCUT2D eigenvalue weighted by molar-refractivity contribution is 7.99. The predicted molar refractivity (Wildman–Crippen MR) is 174 cm³/mol. The molecule has 0 saturated carbocycles. The molecule has 0 saturated heterocycles. The van der Waals surface area contributed by atoms with E-state index in [9.17, 15) is 9.59 Å². The molecule has 230 valence electrons. The van der Waals surface area contributed by atoms with Gasteiger partial charge in [0.2, 0.25) is 0 Å². The van der Waals surface area contributed by atoms with Crippen molar-refractivity contribution in [3.63, 3.8) is 0 Å². The van der Waals surface area contributed by atoms with Crippen LogP contribution in [-0.4, -0.2) is 49.8 Å². The van der Waals surface area contributed by atoms with Gasteiger partial charge in [0, 0.05) is 35.1 Å². The molecule has 44 heavy (non-hydrogen) atoms. The molecular weight excluding hydrogens is 574 g/mol. The number of carbonyl (C=O) groups excluding carboxylic acids is 2. The third kappa shape index (κ3) is 7.02. The molecule has 0 amide bonds. The largest absolute Gasteiger partial charge is 0.493 e. The van der Waals surface area contributed by atoms with E-state index < -0.39 is 11.8 Å². The molecule has 1 aliphatic heterocycles. The number of hydrogen-bond acceptors (Lipinski definition) is 8. The highest BCUT2D eigenvalue weighted by Crippen LogP contribution is 2.48. The number of carbonyl (C=O) groups is 2. The molecule has 1 unspecified atom stereocenters. The molecule has 2 aliphatic rings. The van der Waals surface area contributed by atoms with Gasteiger partial charge in [-0.3, -0.25) is 14.6 Å². The van der Waals surface area contributed by atoms with Crippen LogP contribution in [0.3, 0.4) is 0 Å². The summed E-state index contributed by atoms with van der Waals surface area (Å²) in [6, 6.07) is 23.4. The summed E-state index contributed by atoms with van der Waals surface area (Å²) in [6.07, 6.45) is 0.877. The van der Waals surface area contributed by atoms with Gasteiger partial charge in [0.25, 0.3) is 0 Å². The number of methoxy groups -OCH3 is 2. The van der Waals surface area contributed by atoms with Gasteiger partial charge in [0.05, 0.1) is 14.2 Å².